The Hall–Kier alpha value is -3.58. The maximum atomic E-state index is 12.6. The number of hydrogen-bond acceptors (Lipinski definition) is 5. The second kappa shape index (κ2) is 9.28. The molecule has 1 heterocycles. The van der Waals surface area contributed by atoms with Gasteiger partial charge in [-0.2, -0.15) is 0 Å². The maximum absolute atomic E-state index is 12.6. The smallest absolute Gasteiger partial charge is 0.252 e. The van der Waals surface area contributed by atoms with Crippen LogP contribution in [0.4, 0.5) is 5.00 Å². The van der Waals surface area contributed by atoms with Crippen molar-refractivity contribution in [2.45, 2.75) is 6.92 Å². The van der Waals surface area contributed by atoms with Crippen LogP contribution in [0.2, 0.25) is 0 Å². The molecule has 0 aliphatic heterocycles. The number of aryl methyl sites for hydroxylation is 1. The SMILES string of the molecule is COc1ccc(OC)c(/C=C/C(=O)Nc2sc(C)c(-c3ccccc3)c2C(N)=O)c1. The van der Waals surface area contributed by atoms with Crippen molar-refractivity contribution in [3.63, 3.8) is 0 Å². The number of nitrogens with one attached hydrogen (secondary N) is 1. The van der Waals surface area contributed by atoms with E-state index < -0.39 is 5.91 Å². The molecule has 0 saturated heterocycles. The summed E-state index contributed by atoms with van der Waals surface area (Å²) in [6.45, 7) is 1.89. The third kappa shape index (κ3) is 4.52. The number of nitrogens with two attached hydrogens (primary N) is 1. The van der Waals surface area contributed by atoms with Crippen LogP contribution in [0, 0.1) is 6.92 Å². The van der Waals surface area contributed by atoms with Gasteiger partial charge in [-0.3, -0.25) is 9.59 Å². The Balaban J connectivity index is 1.89. The molecule has 3 aromatic rings. The zero-order valence-corrected chi connectivity index (χ0v) is 17.7. The van der Waals surface area contributed by atoms with Crippen molar-refractivity contribution in [2.75, 3.05) is 19.5 Å². The summed E-state index contributed by atoms with van der Waals surface area (Å²) in [7, 11) is 3.12. The lowest BCUT2D eigenvalue weighted by Gasteiger charge is -2.07. The van der Waals surface area contributed by atoms with Crippen molar-refractivity contribution in [3.8, 4) is 22.6 Å². The number of anilines is 1. The number of methoxy groups -OCH3 is 2. The molecule has 7 heteroatoms. The van der Waals surface area contributed by atoms with Gasteiger partial charge in [0.05, 0.1) is 19.8 Å². The third-order valence-corrected chi connectivity index (χ3v) is 5.50. The van der Waals surface area contributed by atoms with Gasteiger partial charge in [0.25, 0.3) is 5.91 Å². The number of amides is 2. The van der Waals surface area contributed by atoms with E-state index in [1.54, 1.807) is 38.5 Å². The Morgan fingerprint density at radius 3 is 2.43 bits per heavy atom. The highest BCUT2D eigenvalue weighted by atomic mass is 32.1. The predicted molar refractivity (Wildman–Crippen MR) is 120 cm³/mol. The first-order chi connectivity index (χ1) is 14.4. The molecule has 0 saturated carbocycles. The lowest BCUT2D eigenvalue weighted by Crippen LogP contribution is -2.16. The Kier molecular flexibility index (Phi) is 6.54. The molecular weight excluding hydrogens is 400 g/mol. The monoisotopic (exact) mass is 422 g/mol. The first-order valence-corrected chi connectivity index (χ1v) is 9.96. The van der Waals surface area contributed by atoms with Crippen LogP contribution in [0.5, 0.6) is 11.5 Å². The van der Waals surface area contributed by atoms with Gasteiger partial charge in [0, 0.05) is 22.1 Å². The van der Waals surface area contributed by atoms with E-state index in [2.05, 4.69) is 5.32 Å². The van der Waals surface area contributed by atoms with Crippen molar-refractivity contribution in [1.29, 1.82) is 0 Å². The zero-order valence-electron chi connectivity index (χ0n) is 16.9. The molecule has 0 fully saturated rings. The molecule has 0 bridgehead atoms. The first-order valence-electron chi connectivity index (χ1n) is 9.14. The molecule has 30 heavy (non-hydrogen) atoms. The van der Waals surface area contributed by atoms with Crippen molar-refractivity contribution >= 4 is 34.2 Å². The summed E-state index contributed by atoms with van der Waals surface area (Å²) in [4.78, 5) is 25.6. The zero-order chi connectivity index (χ0) is 21.7. The van der Waals surface area contributed by atoms with Gasteiger partial charge in [-0.1, -0.05) is 30.3 Å². The minimum atomic E-state index is -0.591. The molecule has 0 atom stereocenters. The fourth-order valence-electron chi connectivity index (χ4n) is 3.11. The number of carbonyl (C=O) groups is 2. The fraction of sp³-hybridized carbons (Fsp3) is 0.130. The van der Waals surface area contributed by atoms with Crippen molar-refractivity contribution in [3.05, 3.63) is 70.6 Å². The van der Waals surface area contributed by atoms with Gasteiger partial charge < -0.3 is 20.5 Å². The van der Waals surface area contributed by atoms with Crippen molar-refractivity contribution in [2.24, 2.45) is 5.73 Å². The van der Waals surface area contributed by atoms with Gasteiger partial charge in [-0.15, -0.1) is 11.3 Å². The number of carbonyl (C=O) groups excluding carboxylic acids is 2. The summed E-state index contributed by atoms with van der Waals surface area (Å²) >= 11 is 1.32. The summed E-state index contributed by atoms with van der Waals surface area (Å²) < 4.78 is 10.5. The van der Waals surface area contributed by atoms with Gasteiger partial charge in [0.1, 0.15) is 16.5 Å². The number of ether oxygens (including phenoxy) is 2. The van der Waals surface area contributed by atoms with E-state index in [0.717, 1.165) is 16.0 Å². The molecule has 1 aromatic heterocycles. The van der Waals surface area contributed by atoms with Gasteiger partial charge in [0.15, 0.2) is 0 Å². The molecule has 0 radical (unpaired) electrons. The highest BCUT2D eigenvalue weighted by Gasteiger charge is 2.22. The predicted octanol–water partition coefficient (Wildman–Crippen LogP) is 4.49. The van der Waals surface area contributed by atoms with E-state index in [-0.39, 0.29) is 5.91 Å². The van der Waals surface area contributed by atoms with Crippen LogP contribution in [-0.2, 0) is 4.79 Å². The lowest BCUT2D eigenvalue weighted by molar-refractivity contribution is -0.111. The summed E-state index contributed by atoms with van der Waals surface area (Å²) in [5.74, 6) is 0.277. The summed E-state index contributed by atoms with van der Waals surface area (Å²) in [5.41, 5.74) is 8.25. The number of benzene rings is 2. The molecule has 0 spiro atoms. The highest BCUT2D eigenvalue weighted by molar-refractivity contribution is 7.17. The first kappa shape index (κ1) is 21.1. The van der Waals surface area contributed by atoms with Gasteiger partial charge in [-0.25, -0.2) is 0 Å². The van der Waals surface area contributed by atoms with Crippen LogP contribution in [0.25, 0.3) is 17.2 Å². The molecule has 2 amide bonds. The molecule has 3 N–H and O–H groups in total. The molecule has 3 rings (SSSR count). The molecule has 0 unspecified atom stereocenters. The molecular formula is C23H22N2O4S. The second-order valence-corrected chi connectivity index (χ2v) is 7.62. The Morgan fingerprint density at radius 2 is 1.80 bits per heavy atom. The molecule has 0 aliphatic rings. The normalized spacial score (nSPS) is 10.8. The standard InChI is InChI=1S/C23H22N2O4S/c1-14-20(15-7-5-4-6-8-15)21(22(24)27)23(30-14)25-19(26)12-9-16-13-17(28-2)10-11-18(16)29-3/h4-13H,1-3H3,(H2,24,27)(H,25,26)/b12-9+. The fourth-order valence-corrected chi connectivity index (χ4v) is 4.19. The van der Waals surface area contributed by atoms with E-state index in [0.29, 0.717) is 27.6 Å². The maximum Gasteiger partial charge on any atom is 0.252 e. The summed E-state index contributed by atoms with van der Waals surface area (Å²) in [5, 5.41) is 3.20. The molecule has 154 valence electrons. The Labute approximate surface area is 178 Å². The molecule has 6 nitrogen and oxygen atoms in total. The number of primary amides is 1. The van der Waals surface area contributed by atoms with E-state index in [1.165, 1.54) is 17.4 Å². The van der Waals surface area contributed by atoms with Crippen LogP contribution in [0.15, 0.2) is 54.6 Å². The average molecular weight is 423 g/mol. The minimum absolute atomic E-state index is 0.310. The molecule has 0 aliphatic carbocycles. The molecule has 2 aromatic carbocycles. The Morgan fingerprint density at radius 1 is 1.07 bits per heavy atom. The summed E-state index contributed by atoms with van der Waals surface area (Å²) in [6, 6.07) is 14.8. The van der Waals surface area contributed by atoms with Gasteiger partial charge in [-0.05, 0) is 36.8 Å². The Bertz CT molecular complexity index is 1100. The quantitative estimate of drug-likeness (QED) is 0.549. The largest absolute Gasteiger partial charge is 0.497 e. The van der Waals surface area contributed by atoms with Crippen LogP contribution in [0.1, 0.15) is 20.8 Å². The third-order valence-electron chi connectivity index (χ3n) is 4.48. The highest BCUT2D eigenvalue weighted by Crippen LogP contribution is 2.39. The number of rotatable bonds is 7. The van der Waals surface area contributed by atoms with E-state index >= 15 is 0 Å². The van der Waals surface area contributed by atoms with Crippen LogP contribution >= 0.6 is 11.3 Å². The van der Waals surface area contributed by atoms with Crippen molar-refractivity contribution < 1.29 is 19.1 Å². The van der Waals surface area contributed by atoms with Crippen LogP contribution in [-0.4, -0.2) is 26.0 Å². The van der Waals surface area contributed by atoms with E-state index in [1.807, 2.05) is 37.3 Å². The van der Waals surface area contributed by atoms with Gasteiger partial charge in [0.2, 0.25) is 5.91 Å². The topological polar surface area (TPSA) is 90.7 Å². The van der Waals surface area contributed by atoms with Crippen molar-refractivity contribution in [1.82, 2.24) is 0 Å². The second-order valence-electron chi connectivity index (χ2n) is 6.40. The lowest BCUT2D eigenvalue weighted by atomic mass is 10.0. The van der Waals surface area contributed by atoms with E-state index in [9.17, 15) is 9.59 Å². The van der Waals surface area contributed by atoms with Gasteiger partial charge >= 0.3 is 0 Å². The average Bonchev–Trinajstić information content (AvgIpc) is 3.08. The minimum Gasteiger partial charge on any atom is -0.497 e. The number of hydrogen-bond donors (Lipinski definition) is 2. The van der Waals surface area contributed by atoms with E-state index in [4.69, 9.17) is 15.2 Å². The summed E-state index contributed by atoms with van der Waals surface area (Å²) in [6.07, 6.45) is 3.00. The number of thiophene rings is 1. The van der Waals surface area contributed by atoms with Crippen LogP contribution < -0.4 is 20.5 Å². The van der Waals surface area contributed by atoms with Crippen LogP contribution in [0.3, 0.4) is 0 Å².